The minimum absolute atomic E-state index is 0.00686. The number of amides is 2. The van der Waals surface area contributed by atoms with Crippen LogP contribution in [0.5, 0.6) is 0 Å². The molecule has 0 aromatic rings. The predicted molar refractivity (Wildman–Crippen MR) is 89.3 cm³/mol. The van der Waals surface area contributed by atoms with Gasteiger partial charge < -0.3 is 10.2 Å². The lowest BCUT2D eigenvalue weighted by Crippen LogP contribution is -2.66. The SMILES string of the molecule is CSCCCCCN1C(=O)C(C(C)C)NC(=O)C1C(C)C. The van der Waals surface area contributed by atoms with Crippen molar-refractivity contribution in [3.8, 4) is 0 Å². The molecule has 0 radical (unpaired) electrons. The van der Waals surface area contributed by atoms with Gasteiger partial charge in [0.1, 0.15) is 12.1 Å². The van der Waals surface area contributed by atoms with Crippen molar-refractivity contribution >= 4 is 23.6 Å². The first-order chi connectivity index (χ1) is 9.90. The quantitative estimate of drug-likeness (QED) is 0.700. The highest BCUT2D eigenvalue weighted by atomic mass is 32.2. The van der Waals surface area contributed by atoms with Gasteiger partial charge in [0.25, 0.3) is 0 Å². The van der Waals surface area contributed by atoms with E-state index in [1.54, 1.807) is 0 Å². The molecule has 2 atom stereocenters. The van der Waals surface area contributed by atoms with E-state index in [2.05, 4.69) is 11.6 Å². The lowest BCUT2D eigenvalue weighted by Gasteiger charge is -2.42. The van der Waals surface area contributed by atoms with Crippen LogP contribution >= 0.6 is 11.8 Å². The van der Waals surface area contributed by atoms with Gasteiger partial charge in [0.05, 0.1) is 0 Å². The van der Waals surface area contributed by atoms with Crippen molar-refractivity contribution in [2.75, 3.05) is 18.6 Å². The van der Waals surface area contributed by atoms with E-state index >= 15 is 0 Å². The van der Waals surface area contributed by atoms with E-state index in [4.69, 9.17) is 0 Å². The highest BCUT2D eigenvalue weighted by Crippen LogP contribution is 2.21. The molecule has 4 nitrogen and oxygen atoms in total. The Morgan fingerprint density at radius 3 is 2.29 bits per heavy atom. The summed E-state index contributed by atoms with van der Waals surface area (Å²) in [6, 6.07) is -0.674. The summed E-state index contributed by atoms with van der Waals surface area (Å²) in [5.41, 5.74) is 0. The Morgan fingerprint density at radius 2 is 1.76 bits per heavy atom. The van der Waals surface area contributed by atoms with Gasteiger partial charge in [0.15, 0.2) is 0 Å². The normalized spacial score (nSPS) is 23.1. The van der Waals surface area contributed by atoms with E-state index in [1.165, 1.54) is 6.42 Å². The molecule has 0 spiro atoms. The van der Waals surface area contributed by atoms with Crippen LogP contribution in [0.1, 0.15) is 47.0 Å². The van der Waals surface area contributed by atoms with Crippen molar-refractivity contribution in [3.05, 3.63) is 0 Å². The van der Waals surface area contributed by atoms with Gasteiger partial charge in [-0.3, -0.25) is 9.59 Å². The van der Waals surface area contributed by atoms with Crippen molar-refractivity contribution < 1.29 is 9.59 Å². The molecule has 0 bridgehead atoms. The largest absolute Gasteiger partial charge is 0.342 e. The van der Waals surface area contributed by atoms with Crippen molar-refractivity contribution in [1.82, 2.24) is 10.2 Å². The number of thioether (sulfide) groups is 1. The zero-order chi connectivity index (χ0) is 16.0. The third-order valence-electron chi connectivity index (χ3n) is 4.00. The van der Waals surface area contributed by atoms with E-state index in [0.717, 1.165) is 18.6 Å². The molecule has 1 saturated heterocycles. The van der Waals surface area contributed by atoms with E-state index in [-0.39, 0.29) is 35.7 Å². The van der Waals surface area contributed by atoms with Crippen LogP contribution in [0.15, 0.2) is 0 Å². The number of piperazine rings is 1. The average Bonchev–Trinajstić information content (AvgIpc) is 2.40. The van der Waals surface area contributed by atoms with Crippen LogP contribution in [0.4, 0.5) is 0 Å². The molecular weight excluding hydrogens is 284 g/mol. The van der Waals surface area contributed by atoms with Crippen LogP contribution in [0.3, 0.4) is 0 Å². The fraction of sp³-hybridized carbons (Fsp3) is 0.875. The summed E-state index contributed by atoms with van der Waals surface area (Å²) in [5, 5.41) is 2.90. The monoisotopic (exact) mass is 314 g/mol. The maximum Gasteiger partial charge on any atom is 0.246 e. The maximum atomic E-state index is 12.7. The smallest absolute Gasteiger partial charge is 0.246 e. The van der Waals surface area contributed by atoms with E-state index in [1.807, 2.05) is 44.4 Å². The van der Waals surface area contributed by atoms with Crippen LogP contribution in [-0.4, -0.2) is 47.4 Å². The first kappa shape index (κ1) is 18.3. The highest BCUT2D eigenvalue weighted by Gasteiger charge is 2.42. The third-order valence-corrected chi connectivity index (χ3v) is 4.69. The molecule has 1 aliphatic heterocycles. The molecule has 1 aliphatic rings. The third kappa shape index (κ3) is 4.90. The van der Waals surface area contributed by atoms with Gasteiger partial charge in [-0.15, -0.1) is 0 Å². The summed E-state index contributed by atoms with van der Waals surface area (Å²) in [4.78, 5) is 26.8. The van der Waals surface area contributed by atoms with Crippen molar-refractivity contribution in [3.63, 3.8) is 0 Å². The van der Waals surface area contributed by atoms with Gasteiger partial charge in [0.2, 0.25) is 11.8 Å². The second kappa shape index (κ2) is 8.66. The number of nitrogens with one attached hydrogen (secondary N) is 1. The van der Waals surface area contributed by atoms with E-state index < -0.39 is 0 Å². The second-order valence-electron chi connectivity index (χ2n) is 6.50. The molecule has 0 saturated carbocycles. The van der Waals surface area contributed by atoms with Gasteiger partial charge >= 0.3 is 0 Å². The number of unbranched alkanes of at least 4 members (excludes halogenated alkanes) is 2. The molecule has 1 N–H and O–H groups in total. The molecule has 1 heterocycles. The summed E-state index contributed by atoms with van der Waals surface area (Å²) >= 11 is 1.85. The van der Waals surface area contributed by atoms with Gasteiger partial charge in [-0.05, 0) is 36.7 Å². The molecule has 1 rings (SSSR count). The Hall–Kier alpha value is -0.710. The highest BCUT2D eigenvalue weighted by molar-refractivity contribution is 7.98. The Kier molecular flexibility index (Phi) is 7.57. The molecule has 2 amide bonds. The summed E-state index contributed by atoms with van der Waals surface area (Å²) in [6.45, 7) is 8.68. The van der Waals surface area contributed by atoms with Crippen molar-refractivity contribution in [1.29, 1.82) is 0 Å². The maximum absolute atomic E-state index is 12.7. The number of hydrogen-bond acceptors (Lipinski definition) is 3. The van der Waals surface area contributed by atoms with Gasteiger partial charge in [-0.2, -0.15) is 11.8 Å². The molecule has 1 fully saturated rings. The number of hydrogen-bond donors (Lipinski definition) is 1. The fourth-order valence-corrected chi connectivity index (χ4v) is 3.32. The molecule has 2 unspecified atom stereocenters. The predicted octanol–water partition coefficient (Wildman–Crippen LogP) is 2.53. The van der Waals surface area contributed by atoms with E-state index in [9.17, 15) is 9.59 Å². The standard InChI is InChI=1S/C16H30N2O2S/c1-11(2)13-16(20)18(9-7-6-8-10-21-5)14(12(3)4)15(19)17-13/h11-14H,6-10H2,1-5H3,(H,17,19). The van der Waals surface area contributed by atoms with Crippen LogP contribution in [0.25, 0.3) is 0 Å². The number of carbonyl (C=O) groups is 2. The van der Waals surface area contributed by atoms with Crippen molar-refractivity contribution in [2.45, 2.75) is 59.0 Å². The zero-order valence-electron chi connectivity index (χ0n) is 14.0. The van der Waals surface area contributed by atoms with Crippen LogP contribution in [-0.2, 0) is 9.59 Å². The minimum Gasteiger partial charge on any atom is -0.342 e. The summed E-state index contributed by atoms with van der Waals surface area (Å²) in [6.07, 6.45) is 5.38. The van der Waals surface area contributed by atoms with Gasteiger partial charge in [-0.25, -0.2) is 0 Å². The fourth-order valence-electron chi connectivity index (χ4n) is 2.83. The number of rotatable bonds is 8. The zero-order valence-corrected chi connectivity index (χ0v) is 14.8. The lowest BCUT2D eigenvalue weighted by molar-refractivity contribution is -0.152. The van der Waals surface area contributed by atoms with E-state index in [0.29, 0.717) is 6.54 Å². The summed E-state index contributed by atoms with van der Waals surface area (Å²) in [7, 11) is 0. The minimum atomic E-state index is -0.362. The molecule has 0 aliphatic carbocycles. The molecule has 5 heteroatoms. The van der Waals surface area contributed by atoms with Gasteiger partial charge in [-0.1, -0.05) is 34.1 Å². The second-order valence-corrected chi connectivity index (χ2v) is 7.49. The summed E-state index contributed by atoms with van der Waals surface area (Å²) < 4.78 is 0. The van der Waals surface area contributed by atoms with Crippen molar-refractivity contribution in [2.24, 2.45) is 11.8 Å². The van der Waals surface area contributed by atoms with Crippen LogP contribution in [0, 0.1) is 11.8 Å². The topological polar surface area (TPSA) is 49.4 Å². The van der Waals surface area contributed by atoms with Crippen LogP contribution < -0.4 is 5.32 Å². The first-order valence-electron chi connectivity index (χ1n) is 8.00. The summed E-state index contributed by atoms with van der Waals surface area (Å²) in [5.74, 6) is 1.54. The Labute approximate surface area is 133 Å². The number of nitrogens with zero attached hydrogens (tertiary/aromatic N) is 1. The van der Waals surface area contributed by atoms with Crippen LogP contribution in [0.2, 0.25) is 0 Å². The first-order valence-corrected chi connectivity index (χ1v) is 9.39. The Bertz CT molecular complexity index is 358. The Balaban J connectivity index is 2.71. The van der Waals surface area contributed by atoms with Gasteiger partial charge in [0, 0.05) is 6.54 Å². The number of carbonyl (C=O) groups excluding carboxylic acids is 2. The molecule has 122 valence electrons. The molecule has 21 heavy (non-hydrogen) atoms. The molecule has 0 aromatic carbocycles. The Morgan fingerprint density at radius 1 is 1.10 bits per heavy atom. The molecular formula is C16H30N2O2S. The average molecular weight is 314 g/mol. The molecule has 0 aromatic heterocycles. The lowest BCUT2D eigenvalue weighted by atomic mass is 9.92.